The van der Waals surface area contributed by atoms with Crippen molar-refractivity contribution < 1.29 is 9.59 Å². The number of nitrogens with zero attached hydrogens (tertiary/aromatic N) is 1. The fraction of sp³-hybridized carbons (Fsp3) is 0.238. The number of carbonyl (C=O) groups excluding carboxylic acids is 2. The predicted octanol–water partition coefficient (Wildman–Crippen LogP) is 4.86. The summed E-state index contributed by atoms with van der Waals surface area (Å²) in [6.07, 6.45) is 3.63. The highest BCUT2D eigenvalue weighted by atomic mass is 32.1. The van der Waals surface area contributed by atoms with Gasteiger partial charge >= 0.3 is 0 Å². The molecule has 0 unspecified atom stereocenters. The molecule has 0 atom stereocenters. The van der Waals surface area contributed by atoms with Crippen molar-refractivity contribution in [3.63, 3.8) is 0 Å². The third-order valence-electron chi connectivity index (χ3n) is 4.81. The van der Waals surface area contributed by atoms with E-state index in [1.165, 1.54) is 23.0 Å². The van der Waals surface area contributed by atoms with Gasteiger partial charge in [0.2, 0.25) is 0 Å². The van der Waals surface area contributed by atoms with E-state index in [0.29, 0.717) is 10.5 Å². The van der Waals surface area contributed by atoms with Crippen LogP contribution < -0.4 is 4.90 Å². The van der Waals surface area contributed by atoms with E-state index < -0.39 is 5.54 Å². The van der Waals surface area contributed by atoms with Crippen LogP contribution >= 0.6 is 11.3 Å². The van der Waals surface area contributed by atoms with Crippen molar-refractivity contribution in [2.24, 2.45) is 0 Å². The van der Waals surface area contributed by atoms with Gasteiger partial charge in [-0.05, 0) is 62.4 Å². The summed E-state index contributed by atoms with van der Waals surface area (Å²) in [4.78, 5) is 28.3. The first-order valence-electron chi connectivity index (χ1n) is 8.28. The minimum atomic E-state index is -0.417. The lowest BCUT2D eigenvalue weighted by Crippen LogP contribution is -2.46. The Labute approximate surface area is 151 Å². The lowest BCUT2D eigenvalue weighted by atomic mass is 9.88. The van der Waals surface area contributed by atoms with Crippen molar-refractivity contribution in [2.45, 2.75) is 33.2 Å². The molecule has 0 saturated heterocycles. The number of thiophene rings is 1. The van der Waals surface area contributed by atoms with Gasteiger partial charge in [0.05, 0.1) is 21.7 Å². The second-order valence-electron chi connectivity index (χ2n) is 7.23. The molecule has 2 aliphatic rings. The average molecular weight is 349 g/mol. The molecule has 2 aliphatic heterocycles. The Morgan fingerprint density at radius 2 is 1.92 bits per heavy atom. The molecular weight excluding hydrogens is 330 g/mol. The Hall–Kier alpha value is -2.46. The second kappa shape index (κ2) is 5.27. The van der Waals surface area contributed by atoms with Crippen LogP contribution in [0.5, 0.6) is 0 Å². The van der Waals surface area contributed by atoms with Crippen LogP contribution in [0.25, 0.3) is 11.1 Å². The largest absolute Gasteiger partial charge is 0.298 e. The predicted molar refractivity (Wildman–Crippen MR) is 103 cm³/mol. The highest BCUT2D eigenvalue weighted by Gasteiger charge is 2.44. The summed E-state index contributed by atoms with van der Waals surface area (Å²) in [5.41, 5.74) is 5.21. The van der Waals surface area contributed by atoms with E-state index >= 15 is 0 Å². The molecule has 1 aromatic heterocycles. The van der Waals surface area contributed by atoms with Crippen LogP contribution in [-0.4, -0.2) is 17.2 Å². The SMILES string of the molecule is CC1=CC(C)(C)N2C(=O)/C(=C/C(=O)c3cccs3)c3cc(C)cc1c32. The van der Waals surface area contributed by atoms with E-state index in [4.69, 9.17) is 0 Å². The molecular formula is C21H19NO2S. The molecule has 0 aliphatic carbocycles. The van der Waals surface area contributed by atoms with Crippen LogP contribution in [0, 0.1) is 6.92 Å². The zero-order valence-corrected chi connectivity index (χ0v) is 15.5. The van der Waals surface area contributed by atoms with Crippen LogP contribution in [0.15, 0.2) is 41.8 Å². The number of aryl methyl sites for hydroxylation is 1. The van der Waals surface area contributed by atoms with E-state index in [0.717, 1.165) is 22.4 Å². The fourth-order valence-corrected chi connectivity index (χ4v) is 4.48. The Morgan fingerprint density at radius 1 is 1.20 bits per heavy atom. The summed E-state index contributed by atoms with van der Waals surface area (Å²) in [5.74, 6) is -0.212. The van der Waals surface area contributed by atoms with E-state index in [2.05, 4.69) is 19.1 Å². The van der Waals surface area contributed by atoms with Crippen LogP contribution in [0.1, 0.15) is 47.1 Å². The van der Waals surface area contributed by atoms with Crippen molar-refractivity contribution in [2.75, 3.05) is 4.90 Å². The molecule has 4 rings (SSSR count). The van der Waals surface area contributed by atoms with Crippen molar-refractivity contribution in [1.29, 1.82) is 0 Å². The summed E-state index contributed by atoms with van der Waals surface area (Å²) in [7, 11) is 0. The maximum Gasteiger partial charge on any atom is 0.259 e. The molecule has 1 amide bonds. The number of rotatable bonds is 2. The number of amides is 1. The van der Waals surface area contributed by atoms with Crippen molar-refractivity contribution in [3.05, 3.63) is 63.4 Å². The molecule has 3 heterocycles. The summed E-state index contributed by atoms with van der Waals surface area (Å²) < 4.78 is 0. The smallest absolute Gasteiger partial charge is 0.259 e. The van der Waals surface area contributed by atoms with Crippen LogP contribution in [-0.2, 0) is 4.79 Å². The number of hydrogen-bond donors (Lipinski definition) is 0. The first kappa shape index (κ1) is 16.0. The Morgan fingerprint density at radius 3 is 2.60 bits per heavy atom. The van der Waals surface area contributed by atoms with Gasteiger partial charge in [-0.25, -0.2) is 0 Å². The molecule has 1 aromatic carbocycles. The van der Waals surface area contributed by atoms with Gasteiger partial charge in [0, 0.05) is 17.2 Å². The van der Waals surface area contributed by atoms with Gasteiger partial charge in [0.15, 0.2) is 5.78 Å². The van der Waals surface area contributed by atoms with Crippen molar-refractivity contribution >= 4 is 39.9 Å². The first-order chi connectivity index (χ1) is 11.8. The molecule has 0 bridgehead atoms. The van der Waals surface area contributed by atoms with Gasteiger partial charge in [-0.2, -0.15) is 0 Å². The molecule has 25 heavy (non-hydrogen) atoms. The van der Waals surface area contributed by atoms with E-state index in [1.54, 1.807) is 6.07 Å². The molecule has 0 N–H and O–H groups in total. The standard InChI is InChI=1S/C21H19NO2S/c1-12-8-14-13(2)11-21(3,4)22-19(14)15(9-12)16(20(22)24)10-17(23)18-6-5-7-25-18/h5-11H,1-4H3/b16-10+. The molecule has 126 valence electrons. The Kier molecular flexibility index (Phi) is 3.38. The minimum absolute atomic E-state index is 0.0968. The number of benzene rings is 1. The van der Waals surface area contributed by atoms with Gasteiger partial charge in [-0.3, -0.25) is 14.5 Å². The summed E-state index contributed by atoms with van der Waals surface area (Å²) in [5, 5.41) is 1.87. The van der Waals surface area contributed by atoms with Crippen molar-refractivity contribution in [3.8, 4) is 0 Å². The van der Waals surface area contributed by atoms with Crippen molar-refractivity contribution in [1.82, 2.24) is 0 Å². The molecule has 4 heteroatoms. The zero-order valence-electron chi connectivity index (χ0n) is 14.7. The maximum atomic E-state index is 13.2. The fourth-order valence-electron chi connectivity index (χ4n) is 3.85. The molecule has 0 spiro atoms. The summed E-state index contributed by atoms with van der Waals surface area (Å²) in [6, 6.07) is 7.76. The number of allylic oxidation sites excluding steroid dienone is 2. The molecule has 0 radical (unpaired) electrons. The van der Waals surface area contributed by atoms with Crippen LogP contribution in [0.3, 0.4) is 0 Å². The van der Waals surface area contributed by atoms with Gasteiger partial charge in [-0.15, -0.1) is 11.3 Å². The third kappa shape index (κ3) is 2.32. The van der Waals surface area contributed by atoms with E-state index in [1.807, 2.05) is 43.2 Å². The minimum Gasteiger partial charge on any atom is -0.298 e. The third-order valence-corrected chi connectivity index (χ3v) is 5.70. The summed E-state index contributed by atoms with van der Waals surface area (Å²) >= 11 is 1.39. The zero-order chi connectivity index (χ0) is 17.9. The lowest BCUT2D eigenvalue weighted by molar-refractivity contribution is -0.113. The highest BCUT2D eigenvalue weighted by Crippen LogP contribution is 2.49. The van der Waals surface area contributed by atoms with Gasteiger partial charge in [0.25, 0.3) is 5.91 Å². The number of carbonyl (C=O) groups is 2. The number of hydrogen-bond acceptors (Lipinski definition) is 3. The quantitative estimate of drug-likeness (QED) is 0.573. The average Bonchev–Trinajstić information content (AvgIpc) is 3.14. The Balaban J connectivity index is 1.95. The Bertz CT molecular complexity index is 978. The molecule has 2 aromatic rings. The maximum absolute atomic E-state index is 13.2. The summed E-state index contributed by atoms with van der Waals surface area (Å²) in [6.45, 7) is 8.17. The normalized spacial score (nSPS) is 19.2. The first-order valence-corrected chi connectivity index (χ1v) is 9.16. The van der Waals surface area contributed by atoms with E-state index in [-0.39, 0.29) is 11.7 Å². The van der Waals surface area contributed by atoms with Crippen LogP contribution in [0.2, 0.25) is 0 Å². The second-order valence-corrected chi connectivity index (χ2v) is 8.18. The highest BCUT2D eigenvalue weighted by molar-refractivity contribution is 7.12. The monoisotopic (exact) mass is 349 g/mol. The molecule has 0 fully saturated rings. The van der Waals surface area contributed by atoms with Gasteiger partial charge in [-0.1, -0.05) is 12.1 Å². The van der Waals surface area contributed by atoms with Gasteiger partial charge < -0.3 is 0 Å². The van der Waals surface area contributed by atoms with Gasteiger partial charge in [0.1, 0.15) is 0 Å². The van der Waals surface area contributed by atoms with E-state index in [9.17, 15) is 9.59 Å². The molecule has 0 saturated carbocycles. The van der Waals surface area contributed by atoms with Crippen LogP contribution in [0.4, 0.5) is 5.69 Å². The number of ketones is 1. The lowest BCUT2D eigenvalue weighted by Gasteiger charge is -2.38. The topological polar surface area (TPSA) is 37.4 Å². The number of anilines is 1. The molecule has 3 nitrogen and oxygen atoms in total.